The minimum atomic E-state index is -0.286. The Bertz CT molecular complexity index is 718. The molecule has 0 N–H and O–H groups in total. The molecule has 0 aliphatic rings. The largest absolute Gasteiger partial charge is 0.436 e. The van der Waals surface area contributed by atoms with Gasteiger partial charge in [-0.25, -0.2) is 9.37 Å². The topological polar surface area (TPSA) is 26.0 Å². The summed E-state index contributed by atoms with van der Waals surface area (Å²) in [4.78, 5) is 4.39. The Morgan fingerprint density at radius 3 is 2.84 bits per heavy atom. The summed E-state index contributed by atoms with van der Waals surface area (Å²) < 4.78 is 18.9. The highest BCUT2D eigenvalue weighted by molar-refractivity contribution is 5.76. The van der Waals surface area contributed by atoms with Crippen molar-refractivity contribution in [1.82, 2.24) is 4.98 Å². The molecule has 0 aliphatic carbocycles. The Kier molecular flexibility index (Phi) is 3.03. The molecular weight excluding hydrogens is 241 g/mol. The van der Waals surface area contributed by atoms with E-state index in [0.29, 0.717) is 11.5 Å². The first-order valence-electron chi connectivity index (χ1n) is 6.41. The van der Waals surface area contributed by atoms with Crippen molar-refractivity contribution < 1.29 is 8.81 Å². The lowest BCUT2D eigenvalue weighted by Crippen LogP contribution is -1.81. The third-order valence-electron chi connectivity index (χ3n) is 3.06. The molecule has 19 heavy (non-hydrogen) atoms. The van der Waals surface area contributed by atoms with Crippen molar-refractivity contribution in [2.75, 3.05) is 0 Å². The number of aromatic nitrogens is 1. The van der Waals surface area contributed by atoms with Crippen LogP contribution in [0.3, 0.4) is 0 Å². The maximum Gasteiger partial charge on any atom is 0.227 e. The fourth-order valence-corrected chi connectivity index (χ4v) is 2.16. The van der Waals surface area contributed by atoms with Crippen LogP contribution in [0.5, 0.6) is 0 Å². The van der Waals surface area contributed by atoms with Gasteiger partial charge in [-0.2, -0.15) is 0 Å². The number of nitrogens with zero attached hydrogens (tertiary/aromatic N) is 1. The Morgan fingerprint density at radius 2 is 2.05 bits per heavy atom. The summed E-state index contributed by atoms with van der Waals surface area (Å²) in [5, 5.41) is 0. The second kappa shape index (κ2) is 4.84. The molecule has 0 spiro atoms. The van der Waals surface area contributed by atoms with Gasteiger partial charge < -0.3 is 4.42 Å². The van der Waals surface area contributed by atoms with Gasteiger partial charge in [-0.05, 0) is 42.3 Å². The van der Waals surface area contributed by atoms with Gasteiger partial charge in [-0.15, -0.1) is 0 Å². The fourth-order valence-electron chi connectivity index (χ4n) is 2.16. The van der Waals surface area contributed by atoms with E-state index in [1.165, 1.54) is 17.7 Å². The fraction of sp³-hybridized carbons (Fsp3) is 0.188. The minimum Gasteiger partial charge on any atom is -0.436 e. The molecule has 96 valence electrons. The first kappa shape index (κ1) is 11.9. The van der Waals surface area contributed by atoms with Crippen LogP contribution in [0.4, 0.5) is 4.39 Å². The maximum atomic E-state index is 13.2. The Balaban J connectivity index is 2.06. The molecule has 0 saturated carbocycles. The standard InChI is InChI=1S/C16H14FNO/c1-2-4-11-7-8-14-15(9-11)19-16(18-14)12-5-3-6-13(17)10-12/h3,5-10H,2,4H2,1H3. The lowest BCUT2D eigenvalue weighted by atomic mass is 10.1. The highest BCUT2D eigenvalue weighted by Gasteiger charge is 2.09. The predicted octanol–water partition coefficient (Wildman–Crippen LogP) is 4.59. The molecule has 2 aromatic carbocycles. The highest BCUT2D eigenvalue weighted by Crippen LogP contribution is 2.25. The van der Waals surface area contributed by atoms with Crippen molar-refractivity contribution in [1.29, 1.82) is 0 Å². The number of fused-ring (bicyclic) bond motifs is 1. The molecule has 0 unspecified atom stereocenters. The molecule has 3 heteroatoms. The third-order valence-corrected chi connectivity index (χ3v) is 3.06. The predicted molar refractivity (Wildman–Crippen MR) is 73.4 cm³/mol. The summed E-state index contributed by atoms with van der Waals surface area (Å²) >= 11 is 0. The monoisotopic (exact) mass is 255 g/mol. The number of hydrogen-bond acceptors (Lipinski definition) is 2. The summed E-state index contributed by atoms with van der Waals surface area (Å²) in [7, 11) is 0. The number of aryl methyl sites for hydroxylation is 1. The summed E-state index contributed by atoms with van der Waals surface area (Å²) in [6, 6.07) is 12.3. The van der Waals surface area contributed by atoms with E-state index in [9.17, 15) is 4.39 Å². The van der Waals surface area contributed by atoms with E-state index in [0.717, 1.165) is 23.9 Å². The van der Waals surface area contributed by atoms with Crippen LogP contribution in [0.1, 0.15) is 18.9 Å². The lowest BCUT2D eigenvalue weighted by Gasteiger charge is -1.96. The van der Waals surface area contributed by atoms with E-state index >= 15 is 0 Å². The Morgan fingerprint density at radius 1 is 1.16 bits per heavy atom. The van der Waals surface area contributed by atoms with Crippen molar-refractivity contribution in [3.8, 4) is 11.5 Å². The van der Waals surface area contributed by atoms with E-state index in [2.05, 4.69) is 18.0 Å². The Hall–Kier alpha value is -2.16. The summed E-state index contributed by atoms with van der Waals surface area (Å²) in [5.41, 5.74) is 3.45. The van der Waals surface area contributed by atoms with Crippen molar-refractivity contribution in [2.45, 2.75) is 19.8 Å². The molecule has 0 aliphatic heterocycles. The van der Waals surface area contributed by atoms with Gasteiger partial charge in [0.05, 0.1) is 0 Å². The Labute approximate surface area is 110 Å². The average Bonchev–Trinajstić information content (AvgIpc) is 2.82. The summed E-state index contributed by atoms with van der Waals surface area (Å²) in [6.07, 6.45) is 2.11. The van der Waals surface area contributed by atoms with Gasteiger partial charge in [-0.3, -0.25) is 0 Å². The SMILES string of the molecule is CCCc1ccc2nc(-c3cccc(F)c3)oc2c1. The minimum absolute atomic E-state index is 0.286. The van der Waals surface area contributed by atoms with Crippen molar-refractivity contribution >= 4 is 11.1 Å². The molecule has 0 saturated heterocycles. The van der Waals surface area contributed by atoms with E-state index in [4.69, 9.17) is 4.42 Å². The number of oxazole rings is 1. The van der Waals surface area contributed by atoms with E-state index < -0.39 is 0 Å². The normalized spacial score (nSPS) is 11.1. The van der Waals surface area contributed by atoms with Gasteiger partial charge >= 0.3 is 0 Å². The van der Waals surface area contributed by atoms with Gasteiger partial charge in [0.15, 0.2) is 5.58 Å². The summed E-state index contributed by atoms with van der Waals surface area (Å²) in [5.74, 6) is 0.176. The van der Waals surface area contributed by atoms with Crippen LogP contribution in [-0.4, -0.2) is 4.98 Å². The van der Waals surface area contributed by atoms with E-state index in [1.807, 2.05) is 12.1 Å². The smallest absolute Gasteiger partial charge is 0.227 e. The molecule has 2 nitrogen and oxygen atoms in total. The van der Waals surface area contributed by atoms with Crippen LogP contribution in [0, 0.1) is 5.82 Å². The quantitative estimate of drug-likeness (QED) is 0.684. The second-order valence-corrected chi connectivity index (χ2v) is 4.58. The van der Waals surface area contributed by atoms with Gasteiger partial charge in [0, 0.05) is 5.56 Å². The van der Waals surface area contributed by atoms with Gasteiger partial charge in [-0.1, -0.05) is 25.5 Å². The molecule has 0 fully saturated rings. The molecule has 3 aromatic rings. The second-order valence-electron chi connectivity index (χ2n) is 4.58. The molecule has 1 heterocycles. The van der Waals surface area contributed by atoms with Crippen LogP contribution in [-0.2, 0) is 6.42 Å². The van der Waals surface area contributed by atoms with E-state index in [1.54, 1.807) is 12.1 Å². The number of rotatable bonds is 3. The third kappa shape index (κ3) is 2.36. The first-order valence-corrected chi connectivity index (χ1v) is 6.41. The van der Waals surface area contributed by atoms with Gasteiger partial charge in [0.1, 0.15) is 11.3 Å². The molecule has 0 atom stereocenters. The zero-order chi connectivity index (χ0) is 13.2. The van der Waals surface area contributed by atoms with Crippen LogP contribution >= 0.6 is 0 Å². The maximum absolute atomic E-state index is 13.2. The lowest BCUT2D eigenvalue weighted by molar-refractivity contribution is 0.611. The molecule has 3 rings (SSSR count). The number of benzene rings is 2. The van der Waals surface area contributed by atoms with Crippen molar-refractivity contribution in [2.24, 2.45) is 0 Å². The zero-order valence-corrected chi connectivity index (χ0v) is 10.7. The molecule has 0 amide bonds. The van der Waals surface area contributed by atoms with Crippen LogP contribution in [0.2, 0.25) is 0 Å². The van der Waals surface area contributed by atoms with Gasteiger partial charge in [0.25, 0.3) is 0 Å². The number of halogens is 1. The highest BCUT2D eigenvalue weighted by atomic mass is 19.1. The van der Waals surface area contributed by atoms with E-state index in [-0.39, 0.29) is 5.82 Å². The van der Waals surface area contributed by atoms with Gasteiger partial charge in [0.2, 0.25) is 5.89 Å². The average molecular weight is 255 g/mol. The van der Waals surface area contributed by atoms with Crippen molar-refractivity contribution in [3.05, 3.63) is 53.8 Å². The van der Waals surface area contributed by atoms with Crippen molar-refractivity contribution in [3.63, 3.8) is 0 Å². The zero-order valence-electron chi connectivity index (χ0n) is 10.7. The van der Waals surface area contributed by atoms with Crippen LogP contribution < -0.4 is 0 Å². The number of hydrogen-bond donors (Lipinski definition) is 0. The molecule has 0 radical (unpaired) electrons. The van der Waals surface area contributed by atoms with Crippen LogP contribution in [0.25, 0.3) is 22.6 Å². The summed E-state index contributed by atoms with van der Waals surface area (Å²) in [6.45, 7) is 2.14. The molecular formula is C16H14FNO. The molecule has 0 bridgehead atoms. The first-order chi connectivity index (χ1) is 9.26. The molecule has 1 aromatic heterocycles. The van der Waals surface area contributed by atoms with Crippen LogP contribution in [0.15, 0.2) is 46.9 Å².